The predicted molar refractivity (Wildman–Crippen MR) is 31.3 cm³/mol. The van der Waals surface area contributed by atoms with Gasteiger partial charge in [-0.05, 0) is 13.5 Å². The van der Waals surface area contributed by atoms with Crippen molar-refractivity contribution in [1.29, 1.82) is 0 Å². The van der Waals surface area contributed by atoms with E-state index in [-0.39, 0.29) is 0 Å². The van der Waals surface area contributed by atoms with E-state index in [1.165, 1.54) is 0 Å². The van der Waals surface area contributed by atoms with Crippen LogP contribution in [-0.2, 0) is 4.79 Å². The third-order valence-corrected chi connectivity index (χ3v) is 1.40. The zero-order valence-corrected chi connectivity index (χ0v) is 4.98. The molecular formula is C6H9NO. The first-order valence-corrected chi connectivity index (χ1v) is 2.74. The maximum Gasteiger partial charge on any atom is 0.124 e. The number of likely N-dealkylation sites (tertiary alicyclic amines) is 1. The molecule has 0 saturated carbocycles. The first-order chi connectivity index (χ1) is 3.83. The van der Waals surface area contributed by atoms with Crippen molar-refractivity contribution in [3.63, 3.8) is 0 Å². The molecule has 0 N–H and O–H groups in total. The minimum atomic E-state index is 0.823. The van der Waals surface area contributed by atoms with Crippen LogP contribution in [0.25, 0.3) is 0 Å². The van der Waals surface area contributed by atoms with Gasteiger partial charge >= 0.3 is 0 Å². The van der Waals surface area contributed by atoms with Crippen molar-refractivity contribution in [2.75, 3.05) is 20.1 Å². The van der Waals surface area contributed by atoms with Gasteiger partial charge in [0, 0.05) is 18.7 Å². The van der Waals surface area contributed by atoms with Crippen molar-refractivity contribution in [2.45, 2.75) is 6.42 Å². The van der Waals surface area contributed by atoms with Gasteiger partial charge in [-0.25, -0.2) is 4.79 Å². The molecule has 1 rings (SSSR count). The largest absolute Gasteiger partial charge is 0.301 e. The quantitative estimate of drug-likeness (QED) is 0.412. The Morgan fingerprint density at radius 3 is 2.75 bits per heavy atom. The third kappa shape index (κ3) is 0.971. The van der Waals surface area contributed by atoms with Gasteiger partial charge in [-0.15, -0.1) is 0 Å². The van der Waals surface area contributed by atoms with Crippen molar-refractivity contribution in [3.8, 4) is 0 Å². The average Bonchev–Trinajstić information content (AvgIpc) is 2.14. The van der Waals surface area contributed by atoms with Gasteiger partial charge in [-0.1, -0.05) is 0 Å². The van der Waals surface area contributed by atoms with Crippen molar-refractivity contribution < 1.29 is 4.79 Å². The van der Waals surface area contributed by atoms with Crippen LogP contribution in [0.2, 0.25) is 0 Å². The normalized spacial score (nSPS) is 21.4. The van der Waals surface area contributed by atoms with Gasteiger partial charge in [-0.2, -0.15) is 0 Å². The van der Waals surface area contributed by atoms with Crippen LogP contribution in [-0.4, -0.2) is 31.0 Å². The zero-order chi connectivity index (χ0) is 5.98. The lowest BCUT2D eigenvalue weighted by Crippen LogP contribution is -2.11. The van der Waals surface area contributed by atoms with Crippen LogP contribution in [0.5, 0.6) is 0 Å². The summed E-state index contributed by atoms with van der Waals surface area (Å²) in [5, 5.41) is 0. The molecule has 44 valence electrons. The van der Waals surface area contributed by atoms with Gasteiger partial charge < -0.3 is 4.90 Å². The third-order valence-electron chi connectivity index (χ3n) is 1.40. The summed E-state index contributed by atoms with van der Waals surface area (Å²) in [5.74, 6) is 1.92. The monoisotopic (exact) mass is 111 g/mol. The number of hydrogen-bond donors (Lipinski definition) is 0. The van der Waals surface area contributed by atoms with Gasteiger partial charge in [0.1, 0.15) is 5.94 Å². The lowest BCUT2D eigenvalue weighted by atomic mass is 10.3. The summed E-state index contributed by atoms with van der Waals surface area (Å²) in [4.78, 5) is 12.1. The molecule has 1 aliphatic heterocycles. The van der Waals surface area contributed by atoms with E-state index in [1.54, 1.807) is 0 Å². The van der Waals surface area contributed by atoms with Gasteiger partial charge in [0.15, 0.2) is 0 Å². The van der Waals surface area contributed by atoms with E-state index in [0.717, 1.165) is 25.1 Å². The van der Waals surface area contributed by atoms with Crippen LogP contribution < -0.4 is 0 Å². The van der Waals surface area contributed by atoms with Crippen LogP contribution in [0.15, 0.2) is 5.57 Å². The number of carbonyl (C=O) groups excluding carboxylic acids is 1. The highest BCUT2D eigenvalue weighted by molar-refractivity contribution is 5.53. The van der Waals surface area contributed by atoms with E-state index in [1.807, 2.05) is 13.0 Å². The second-order valence-electron chi connectivity index (χ2n) is 2.19. The van der Waals surface area contributed by atoms with Crippen LogP contribution in [0.3, 0.4) is 0 Å². The molecule has 0 radical (unpaired) electrons. The Bertz CT molecular complexity index is 135. The Labute approximate surface area is 48.8 Å². The first kappa shape index (κ1) is 5.54. The molecule has 0 bridgehead atoms. The van der Waals surface area contributed by atoms with Gasteiger partial charge in [0.25, 0.3) is 0 Å². The highest BCUT2D eigenvalue weighted by atomic mass is 16.1. The van der Waals surface area contributed by atoms with Crippen molar-refractivity contribution >= 4 is 5.94 Å². The van der Waals surface area contributed by atoms with Crippen LogP contribution in [0.4, 0.5) is 0 Å². The smallest absolute Gasteiger partial charge is 0.124 e. The summed E-state index contributed by atoms with van der Waals surface area (Å²) in [5.41, 5.74) is 0.910. The fourth-order valence-corrected chi connectivity index (χ4v) is 0.893. The molecule has 0 aromatic carbocycles. The van der Waals surface area contributed by atoms with E-state index in [4.69, 9.17) is 0 Å². The number of hydrogen-bond acceptors (Lipinski definition) is 2. The molecular weight excluding hydrogens is 102 g/mol. The Hall–Kier alpha value is -0.590. The Kier molecular flexibility index (Phi) is 1.47. The van der Waals surface area contributed by atoms with E-state index >= 15 is 0 Å². The van der Waals surface area contributed by atoms with Crippen molar-refractivity contribution in [2.24, 2.45) is 0 Å². The fraction of sp³-hybridized carbons (Fsp3) is 0.667. The summed E-state index contributed by atoms with van der Waals surface area (Å²) >= 11 is 0. The molecule has 1 saturated heterocycles. The van der Waals surface area contributed by atoms with E-state index in [0.29, 0.717) is 0 Å². The standard InChI is InChI=1S/C6H9NO/c1-7-3-2-6(4-7)5-8/h2-4H2,1H3. The molecule has 2 nitrogen and oxygen atoms in total. The number of rotatable bonds is 0. The van der Waals surface area contributed by atoms with E-state index in [9.17, 15) is 4.79 Å². The Balaban J connectivity index is 2.56. The number of likely N-dealkylation sites (N-methyl/N-ethyl adjacent to an activating group) is 1. The highest BCUT2D eigenvalue weighted by Gasteiger charge is 2.11. The lowest BCUT2D eigenvalue weighted by Gasteiger charge is -2.00. The zero-order valence-electron chi connectivity index (χ0n) is 4.98. The second-order valence-corrected chi connectivity index (χ2v) is 2.19. The lowest BCUT2D eigenvalue weighted by molar-refractivity contribution is 0.425. The van der Waals surface area contributed by atoms with Gasteiger partial charge in [0.2, 0.25) is 0 Å². The minimum Gasteiger partial charge on any atom is -0.301 e. The molecule has 1 heterocycles. The summed E-state index contributed by atoms with van der Waals surface area (Å²) in [6.07, 6.45) is 0.917. The second kappa shape index (κ2) is 2.12. The van der Waals surface area contributed by atoms with Gasteiger partial charge in [-0.3, -0.25) is 0 Å². The SMILES string of the molecule is CN1CCC(=C=O)C1. The van der Waals surface area contributed by atoms with E-state index in [2.05, 4.69) is 4.90 Å². The summed E-state index contributed by atoms with van der Waals surface area (Å²) in [7, 11) is 2.00. The van der Waals surface area contributed by atoms with Crippen LogP contribution in [0, 0.1) is 0 Å². The average molecular weight is 111 g/mol. The Morgan fingerprint density at radius 1 is 1.75 bits per heavy atom. The highest BCUT2D eigenvalue weighted by Crippen LogP contribution is 2.08. The summed E-state index contributed by atoms with van der Waals surface area (Å²) < 4.78 is 0. The summed E-state index contributed by atoms with van der Waals surface area (Å²) in [6, 6.07) is 0. The number of nitrogens with zero attached hydrogens (tertiary/aromatic N) is 1. The maximum absolute atomic E-state index is 9.96. The molecule has 2 heteroatoms. The predicted octanol–water partition coefficient (Wildman–Crippen LogP) is 0.0799. The molecule has 1 fully saturated rings. The van der Waals surface area contributed by atoms with Crippen molar-refractivity contribution in [3.05, 3.63) is 5.57 Å². The fourth-order valence-electron chi connectivity index (χ4n) is 0.893. The maximum atomic E-state index is 9.96. The molecule has 0 aliphatic carbocycles. The molecule has 0 aromatic rings. The molecule has 0 unspecified atom stereocenters. The minimum absolute atomic E-state index is 0.823. The molecule has 8 heavy (non-hydrogen) atoms. The van der Waals surface area contributed by atoms with E-state index < -0.39 is 0 Å². The molecule has 1 aliphatic rings. The topological polar surface area (TPSA) is 20.3 Å². The molecule has 0 amide bonds. The van der Waals surface area contributed by atoms with Gasteiger partial charge in [0.05, 0.1) is 0 Å². The molecule has 0 spiro atoms. The Morgan fingerprint density at radius 2 is 2.50 bits per heavy atom. The van der Waals surface area contributed by atoms with Crippen molar-refractivity contribution in [1.82, 2.24) is 4.90 Å². The summed E-state index contributed by atoms with van der Waals surface area (Å²) in [6.45, 7) is 1.84. The van der Waals surface area contributed by atoms with Crippen LogP contribution in [0.1, 0.15) is 6.42 Å². The van der Waals surface area contributed by atoms with Crippen LogP contribution >= 0.6 is 0 Å². The molecule has 0 atom stereocenters. The first-order valence-electron chi connectivity index (χ1n) is 2.74. The molecule has 0 aromatic heterocycles.